The van der Waals surface area contributed by atoms with Gasteiger partial charge in [-0.3, -0.25) is 0 Å². The lowest BCUT2D eigenvalue weighted by molar-refractivity contribution is -0.0527. The second-order valence-electron chi connectivity index (χ2n) is 4.85. The summed E-state index contributed by atoms with van der Waals surface area (Å²) in [6.07, 6.45) is 7.78. The van der Waals surface area contributed by atoms with Gasteiger partial charge in [0, 0.05) is 7.11 Å². The van der Waals surface area contributed by atoms with E-state index >= 15 is 0 Å². The number of hydrogen-bond acceptors (Lipinski definition) is 5. The maximum Gasteiger partial charge on any atom is 0.243 e. The molecule has 0 aromatic carbocycles. The molecule has 0 amide bonds. The summed E-state index contributed by atoms with van der Waals surface area (Å²) in [4.78, 5) is 4.42. The highest BCUT2D eigenvalue weighted by atomic mass is 16.5. The van der Waals surface area contributed by atoms with Crippen molar-refractivity contribution in [3.63, 3.8) is 0 Å². The minimum atomic E-state index is -0.381. The van der Waals surface area contributed by atoms with Crippen LogP contribution in [0, 0.1) is 0 Å². The minimum Gasteiger partial charge on any atom is -0.370 e. The summed E-state index contributed by atoms with van der Waals surface area (Å²) in [6.45, 7) is 3.66. The zero-order valence-corrected chi connectivity index (χ0v) is 10.9. The largest absolute Gasteiger partial charge is 0.370 e. The fourth-order valence-corrected chi connectivity index (χ4v) is 2.49. The molecule has 0 saturated heterocycles. The van der Waals surface area contributed by atoms with E-state index < -0.39 is 0 Å². The quantitative estimate of drug-likeness (QED) is 0.814. The smallest absolute Gasteiger partial charge is 0.243 e. The molecule has 1 aromatic heterocycles. The predicted molar refractivity (Wildman–Crippen MR) is 67.8 cm³/mol. The number of hydrogen-bond donors (Lipinski definition) is 1. The first kappa shape index (κ1) is 13.2. The summed E-state index contributed by atoms with van der Waals surface area (Å²) in [5, 5.41) is 4.06. The number of nitrogens with two attached hydrogens (primary N) is 1. The molecule has 0 radical (unpaired) electrons. The van der Waals surface area contributed by atoms with Gasteiger partial charge in [-0.25, -0.2) is 0 Å². The second kappa shape index (κ2) is 5.63. The lowest BCUT2D eigenvalue weighted by Crippen LogP contribution is -2.32. The van der Waals surface area contributed by atoms with Gasteiger partial charge >= 0.3 is 0 Å². The van der Waals surface area contributed by atoms with E-state index in [0.29, 0.717) is 18.1 Å². The molecule has 1 atom stereocenters. The molecule has 2 rings (SSSR count). The molecule has 5 heteroatoms. The molecule has 0 spiro atoms. The van der Waals surface area contributed by atoms with E-state index in [0.717, 1.165) is 25.7 Å². The molecule has 5 nitrogen and oxygen atoms in total. The van der Waals surface area contributed by atoms with Crippen LogP contribution >= 0.6 is 0 Å². The number of nitrogens with zero attached hydrogens (tertiary/aromatic N) is 2. The summed E-state index contributed by atoms with van der Waals surface area (Å²) < 4.78 is 10.9. The average molecular weight is 251 g/mol. The number of rotatable bonds is 5. The van der Waals surface area contributed by atoms with Crippen LogP contribution in [0.4, 0.5) is 0 Å². The molecule has 1 saturated carbocycles. The van der Waals surface area contributed by atoms with E-state index in [9.17, 15) is 0 Å². The van der Waals surface area contributed by atoms with Crippen molar-refractivity contribution in [2.75, 3.05) is 7.11 Å². The molecule has 1 heterocycles. The normalized spacial score (nSPS) is 20.6. The summed E-state index contributed by atoms with van der Waals surface area (Å²) >= 11 is 0. The Morgan fingerprint density at radius 1 is 1.50 bits per heavy atom. The predicted octanol–water partition coefficient (Wildman–Crippen LogP) is 2.45. The number of aromatic nitrogens is 2. The summed E-state index contributed by atoms with van der Waals surface area (Å²) in [5.74, 6) is 1.10. The Morgan fingerprint density at radius 3 is 2.83 bits per heavy atom. The summed E-state index contributed by atoms with van der Waals surface area (Å²) in [5.41, 5.74) is 5.54. The third-order valence-corrected chi connectivity index (χ3v) is 3.64. The van der Waals surface area contributed by atoms with Gasteiger partial charge in [0.2, 0.25) is 11.7 Å². The van der Waals surface area contributed by atoms with E-state index in [1.165, 1.54) is 6.42 Å². The molecule has 1 aliphatic rings. The molecule has 100 valence electrons. The fraction of sp³-hybridized carbons (Fsp3) is 0.692. The zero-order valence-electron chi connectivity index (χ0n) is 10.9. The van der Waals surface area contributed by atoms with Crippen LogP contribution in [0.15, 0.2) is 17.2 Å². The molecular formula is C13H21N3O2. The summed E-state index contributed by atoms with van der Waals surface area (Å²) in [6, 6.07) is -0.277. The van der Waals surface area contributed by atoms with Crippen molar-refractivity contribution in [2.45, 2.75) is 50.2 Å². The first-order valence-corrected chi connectivity index (χ1v) is 6.47. The van der Waals surface area contributed by atoms with Crippen LogP contribution < -0.4 is 5.73 Å². The van der Waals surface area contributed by atoms with Gasteiger partial charge in [0.05, 0.1) is 6.04 Å². The highest BCUT2D eigenvalue weighted by molar-refractivity contribution is 5.05. The standard InChI is InChI=1S/C13H21N3O2/c1-3-7-10(14)11-15-12(16-18-11)13(17-2)8-5-4-6-9-13/h3,10H,1,4-9,14H2,2H3. The third kappa shape index (κ3) is 2.47. The van der Waals surface area contributed by atoms with E-state index in [1.807, 2.05) is 0 Å². The molecule has 1 fully saturated rings. The van der Waals surface area contributed by atoms with E-state index in [4.69, 9.17) is 15.0 Å². The van der Waals surface area contributed by atoms with Crippen molar-refractivity contribution >= 4 is 0 Å². The molecule has 2 N–H and O–H groups in total. The maximum atomic E-state index is 5.92. The molecule has 0 bridgehead atoms. The second-order valence-corrected chi connectivity index (χ2v) is 4.85. The van der Waals surface area contributed by atoms with Gasteiger partial charge in [-0.05, 0) is 19.3 Å². The Balaban J connectivity index is 2.19. The van der Waals surface area contributed by atoms with E-state index in [1.54, 1.807) is 13.2 Å². The van der Waals surface area contributed by atoms with Crippen molar-refractivity contribution in [3.05, 3.63) is 24.4 Å². The van der Waals surface area contributed by atoms with Crippen molar-refractivity contribution in [1.29, 1.82) is 0 Å². The van der Waals surface area contributed by atoms with Crippen LogP contribution in [0.25, 0.3) is 0 Å². The SMILES string of the molecule is C=CCC(N)c1nc(C2(OC)CCCCC2)no1. The Kier molecular flexibility index (Phi) is 4.14. The molecule has 1 aromatic rings. The fourth-order valence-electron chi connectivity index (χ4n) is 2.49. The Labute approximate surface area is 107 Å². The molecule has 1 unspecified atom stereocenters. The molecule has 0 aliphatic heterocycles. The van der Waals surface area contributed by atoms with Crippen molar-refractivity contribution in [1.82, 2.24) is 10.1 Å². The van der Waals surface area contributed by atoms with Gasteiger partial charge in [-0.1, -0.05) is 30.5 Å². The first-order valence-electron chi connectivity index (χ1n) is 6.47. The van der Waals surface area contributed by atoms with E-state index in [-0.39, 0.29) is 11.6 Å². The van der Waals surface area contributed by atoms with E-state index in [2.05, 4.69) is 16.7 Å². The van der Waals surface area contributed by atoms with Gasteiger partial charge in [-0.15, -0.1) is 6.58 Å². The lowest BCUT2D eigenvalue weighted by Gasteiger charge is -2.32. The Bertz CT molecular complexity index is 397. The van der Waals surface area contributed by atoms with Crippen LogP contribution in [0.2, 0.25) is 0 Å². The molecular weight excluding hydrogens is 230 g/mol. The van der Waals surface area contributed by atoms with Crippen LogP contribution in [-0.2, 0) is 10.3 Å². The van der Waals surface area contributed by atoms with Crippen LogP contribution in [0.5, 0.6) is 0 Å². The zero-order chi connectivity index (χ0) is 13.0. The van der Waals surface area contributed by atoms with Gasteiger partial charge in [0.1, 0.15) is 5.60 Å². The van der Waals surface area contributed by atoms with Crippen molar-refractivity contribution in [3.8, 4) is 0 Å². The van der Waals surface area contributed by atoms with Crippen LogP contribution in [-0.4, -0.2) is 17.3 Å². The third-order valence-electron chi connectivity index (χ3n) is 3.64. The highest BCUT2D eigenvalue weighted by Crippen LogP contribution is 2.38. The number of ether oxygens (including phenoxy) is 1. The van der Waals surface area contributed by atoms with Gasteiger partial charge in [0.25, 0.3) is 0 Å². The molecule has 18 heavy (non-hydrogen) atoms. The van der Waals surface area contributed by atoms with Crippen molar-refractivity contribution in [2.24, 2.45) is 5.73 Å². The monoisotopic (exact) mass is 251 g/mol. The topological polar surface area (TPSA) is 74.2 Å². The van der Waals surface area contributed by atoms with Crippen LogP contribution in [0.3, 0.4) is 0 Å². The molecule has 1 aliphatic carbocycles. The van der Waals surface area contributed by atoms with Gasteiger partial charge in [0.15, 0.2) is 0 Å². The Morgan fingerprint density at radius 2 is 2.22 bits per heavy atom. The Hall–Kier alpha value is -1.20. The maximum absolute atomic E-state index is 5.92. The summed E-state index contributed by atoms with van der Waals surface area (Å²) in [7, 11) is 1.71. The first-order chi connectivity index (χ1) is 8.72. The van der Waals surface area contributed by atoms with Gasteiger partial charge < -0.3 is 15.0 Å². The van der Waals surface area contributed by atoms with Crippen molar-refractivity contribution < 1.29 is 9.26 Å². The van der Waals surface area contributed by atoms with Gasteiger partial charge in [-0.2, -0.15) is 4.98 Å². The highest BCUT2D eigenvalue weighted by Gasteiger charge is 2.38. The number of methoxy groups -OCH3 is 1. The van der Waals surface area contributed by atoms with Crippen LogP contribution in [0.1, 0.15) is 56.3 Å². The average Bonchev–Trinajstić information content (AvgIpc) is 2.90. The lowest BCUT2D eigenvalue weighted by atomic mass is 9.84. The minimum absolute atomic E-state index is 0.277.